The molecule has 1 aliphatic carbocycles. The van der Waals surface area contributed by atoms with Crippen LogP contribution in [0.5, 0.6) is 5.75 Å². The van der Waals surface area contributed by atoms with E-state index in [1.165, 1.54) is 23.0 Å². The van der Waals surface area contributed by atoms with Gasteiger partial charge >= 0.3 is 5.69 Å². The molecule has 0 aliphatic heterocycles. The molecule has 1 fully saturated rings. The van der Waals surface area contributed by atoms with E-state index in [2.05, 4.69) is 10.4 Å². The molecule has 0 unspecified atom stereocenters. The highest BCUT2D eigenvalue weighted by Gasteiger charge is 2.24. The van der Waals surface area contributed by atoms with Crippen molar-refractivity contribution >= 4 is 46.0 Å². The van der Waals surface area contributed by atoms with Gasteiger partial charge in [0.25, 0.3) is 11.5 Å². The molecule has 4 aromatic rings. The number of ether oxygens (including phenoxy) is 1. The largest absolute Gasteiger partial charge is 0.476 e. The minimum Gasteiger partial charge on any atom is -0.476 e. The van der Waals surface area contributed by atoms with E-state index in [0.717, 1.165) is 37.7 Å². The summed E-state index contributed by atoms with van der Waals surface area (Å²) in [6.07, 6.45) is 6.38. The van der Waals surface area contributed by atoms with Gasteiger partial charge in [0.05, 0.1) is 27.1 Å². The minimum atomic E-state index is -0.645. The maximum atomic E-state index is 13.4. The second kappa shape index (κ2) is 12.3. The molecule has 0 saturated heterocycles. The number of carbonyl (C=O) groups excluding carboxylic acids is 1. The molecule has 1 aliphatic rings. The van der Waals surface area contributed by atoms with Crippen LogP contribution in [0.3, 0.4) is 0 Å². The summed E-state index contributed by atoms with van der Waals surface area (Å²) in [5.74, 6) is -0.0775. The molecule has 41 heavy (non-hydrogen) atoms. The monoisotopic (exact) mass is 573 g/mol. The van der Waals surface area contributed by atoms with Crippen LogP contribution in [-0.4, -0.2) is 33.3 Å². The number of rotatable bonds is 8. The van der Waals surface area contributed by atoms with Crippen LogP contribution < -0.4 is 15.6 Å². The Bertz CT molecular complexity index is 1690. The molecule has 0 radical (unpaired) electrons. The predicted octanol–water partition coefficient (Wildman–Crippen LogP) is 6.21. The van der Waals surface area contributed by atoms with Gasteiger partial charge in [-0.1, -0.05) is 60.7 Å². The minimum absolute atomic E-state index is 0.0692. The average molecular weight is 574 g/mol. The fourth-order valence-electron chi connectivity index (χ4n) is 4.93. The maximum Gasteiger partial charge on any atom is 0.313 e. The van der Waals surface area contributed by atoms with Crippen molar-refractivity contribution in [3.8, 4) is 5.75 Å². The zero-order chi connectivity index (χ0) is 28.9. The number of fused-ring (bicyclic) bond motifs is 1. The summed E-state index contributed by atoms with van der Waals surface area (Å²) < 4.78 is 6.76. The number of benzene rings is 3. The van der Waals surface area contributed by atoms with Crippen LogP contribution in [-0.2, 0) is 4.79 Å². The summed E-state index contributed by atoms with van der Waals surface area (Å²) in [4.78, 5) is 41.8. The third-order valence-corrected chi connectivity index (χ3v) is 7.28. The number of nitro benzene ring substituents is 1. The summed E-state index contributed by atoms with van der Waals surface area (Å²) in [5.41, 5.74) is 1.76. The number of anilines is 1. The van der Waals surface area contributed by atoms with Crippen LogP contribution in [0.25, 0.3) is 10.9 Å². The maximum absolute atomic E-state index is 13.4. The van der Waals surface area contributed by atoms with Gasteiger partial charge in [-0.25, -0.2) is 4.98 Å². The Labute approximate surface area is 240 Å². The molecule has 0 atom stereocenters. The molecule has 5 rings (SSSR count). The van der Waals surface area contributed by atoms with E-state index in [-0.39, 0.29) is 27.8 Å². The number of hydrogen-bond acceptors (Lipinski definition) is 7. The van der Waals surface area contributed by atoms with Gasteiger partial charge in [0.1, 0.15) is 5.82 Å². The van der Waals surface area contributed by atoms with E-state index in [9.17, 15) is 19.7 Å². The van der Waals surface area contributed by atoms with Gasteiger partial charge in [0.2, 0.25) is 5.75 Å². The normalized spacial score (nSPS) is 13.9. The molecule has 1 saturated carbocycles. The van der Waals surface area contributed by atoms with Crippen LogP contribution in [0, 0.1) is 17.0 Å². The van der Waals surface area contributed by atoms with Crippen molar-refractivity contribution in [1.29, 1.82) is 0 Å². The summed E-state index contributed by atoms with van der Waals surface area (Å²) >= 11 is 6.38. The fourth-order valence-corrected chi connectivity index (χ4v) is 5.20. The Hall–Kier alpha value is -4.57. The second-order valence-corrected chi connectivity index (χ2v) is 10.4. The van der Waals surface area contributed by atoms with Crippen molar-refractivity contribution in [2.24, 2.45) is 5.10 Å². The summed E-state index contributed by atoms with van der Waals surface area (Å²) in [6, 6.07) is 17.0. The number of halogens is 1. The van der Waals surface area contributed by atoms with E-state index in [1.807, 2.05) is 25.1 Å². The quantitative estimate of drug-likeness (QED) is 0.151. The summed E-state index contributed by atoms with van der Waals surface area (Å²) in [5, 5.41) is 19.3. The first-order valence-electron chi connectivity index (χ1n) is 13.3. The third kappa shape index (κ3) is 6.44. The first-order valence-corrected chi connectivity index (χ1v) is 13.7. The van der Waals surface area contributed by atoms with Crippen molar-refractivity contribution in [3.63, 3.8) is 0 Å². The molecule has 210 valence electrons. The fraction of sp³-hybridized carbons (Fsp3) is 0.267. The standard InChI is InChI=1S/C30H28ClN5O5/c1-19-11-13-22(14-12-19)33-27(37)18-41-28-24(31)15-20(16-26(28)36(39)40)17-32-35-29(21-7-3-2-4-8-21)34-25-10-6-5-9-23(25)30(35)38/h5-6,9-17,21H,2-4,7-8,18H2,1H3,(H,33,37). The lowest BCUT2D eigenvalue weighted by atomic mass is 9.88. The molecule has 1 aromatic heterocycles. The molecule has 10 nitrogen and oxygen atoms in total. The number of hydrogen-bond donors (Lipinski definition) is 1. The summed E-state index contributed by atoms with van der Waals surface area (Å²) in [7, 11) is 0. The molecule has 1 amide bonds. The van der Waals surface area contributed by atoms with E-state index in [4.69, 9.17) is 21.3 Å². The zero-order valence-corrected chi connectivity index (χ0v) is 23.1. The first kappa shape index (κ1) is 28.0. The van der Waals surface area contributed by atoms with Gasteiger partial charge in [-0.2, -0.15) is 9.78 Å². The number of nitrogens with one attached hydrogen (secondary N) is 1. The van der Waals surface area contributed by atoms with Gasteiger partial charge in [-0.05, 0) is 50.1 Å². The number of aryl methyl sites for hydroxylation is 1. The van der Waals surface area contributed by atoms with Gasteiger partial charge < -0.3 is 10.1 Å². The van der Waals surface area contributed by atoms with Crippen molar-refractivity contribution in [1.82, 2.24) is 9.66 Å². The van der Waals surface area contributed by atoms with E-state index >= 15 is 0 Å². The number of nitrogens with zero attached hydrogens (tertiary/aromatic N) is 4. The molecule has 1 heterocycles. The topological polar surface area (TPSA) is 129 Å². The van der Waals surface area contributed by atoms with Crippen molar-refractivity contribution < 1.29 is 14.5 Å². The highest BCUT2D eigenvalue weighted by atomic mass is 35.5. The van der Waals surface area contributed by atoms with Crippen LogP contribution >= 0.6 is 11.6 Å². The highest BCUT2D eigenvalue weighted by molar-refractivity contribution is 6.32. The van der Waals surface area contributed by atoms with Gasteiger partial charge in [0, 0.05) is 23.2 Å². The van der Waals surface area contributed by atoms with Crippen LogP contribution in [0.1, 0.15) is 55.0 Å². The highest BCUT2D eigenvalue weighted by Crippen LogP contribution is 2.36. The summed E-state index contributed by atoms with van der Waals surface area (Å²) in [6.45, 7) is 1.45. The first-order chi connectivity index (χ1) is 19.8. The van der Waals surface area contributed by atoms with Crippen LogP contribution in [0.4, 0.5) is 11.4 Å². The molecule has 11 heteroatoms. The molecule has 1 N–H and O–H groups in total. The molecule has 0 bridgehead atoms. The Balaban J connectivity index is 1.42. The van der Waals surface area contributed by atoms with Crippen LogP contribution in [0.15, 0.2) is 70.6 Å². The number of amides is 1. The Morgan fingerprint density at radius 1 is 1.17 bits per heavy atom. The lowest BCUT2D eigenvalue weighted by molar-refractivity contribution is -0.385. The Morgan fingerprint density at radius 3 is 2.63 bits per heavy atom. The number of aromatic nitrogens is 2. The van der Waals surface area contributed by atoms with Gasteiger partial charge in [0.15, 0.2) is 6.61 Å². The van der Waals surface area contributed by atoms with Gasteiger partial charge in [-0.3, -0.25) is 19.7 Å². The average Bonchev–Trinajstić information content (AvgIpc) is 2.97. The molecular formula is C30H28ClN5O5. The predicted molar refractivity (Wildman–Crippen MR) is 158 cm³/mol. The van der Waals surface area contributed by atoms with Gasteiger partial charge in [-0.15, -0.1) is 0 Å². The molecule has 3 aromatic carbocycles. The van der Waals surface area contributed by atoms with E-state index in [0.29, 0.717) is 22.4 Å². The molecular weight excluding hydrogens is 546 g/mol. The van der Waals surface area contributed by atoms with Crippen LogP contribution in [0.2, 0.25) is 5.02 Å². The van der Waals surface area contributed by atoms with E-state index < -0.39 is 23.1 Å². The van der Waals surface area contributed by atoms with Crippen molar-refractivity contribution in [2.45, 2.75) is 44.9 Å². The number of para-hydroxylation sites is 1. The number of nitro groups is 1. The zero-order valence-electron chi connectivity index (χ0n) is 22.4. The second-order valence-electron chi connectivity index (χ2n) is 9.99. The SMILES string of the molecule is Cc1ccc(NC(=O)COc2c(Cl)cc(C=Nn3c(C4CCCCC4)nc4ccccc4c3=O)cc2[N+](=O)[O-])cc1. The van der Waals surface area contributed by atoms with Crippen molar-refractivity contribution in [3.05, 3.63) is 103 Å². The third-order valence-electron chi connectivity index (χ3n) is 7.00. The Morgan fingerprint density at radius 2 is 1.90 bits per heavy atom. The number of carbonyl (C=O) groups is 1. The van der Waals surface area contributed by atoms with Crippen molar-refractivity contribution in [2.75, 3.05) is 11.9 Å². The lowest BCUT2D eigenvalue weighted by Crippen LogP contribution is -2.25. The van der Waals surface area contributed by atoms with E-state index in [1.54, 1.807) is 30.3 Å². The smallest absolute Gasteiger partial charge is 0.313 e. The Kier molecular flexibility index (Phi) is 8.39. The lowest BCUT2D eigenvalue weighted by Gasteiger charge is -2.22. The molecule has 0 spiro atoms.